The van der Waals surface area contributed by atoms with E-state index in [1.165, 1.54) is 0 Å². The minimum absolute atomic E-state index is 0. The average Bonchev–Trinajstić information content (AvgIpc) is 2.52. The number of ether oxygens (including phenoxy) is 1. The van der Waals surface area contributed by atoms with E-state index in [1.54, 1.807) is 11.9 Å². The van der Waals surface area contributed by atoms with E-state index in [4.69, 9.17) is 4.74 Å². The summed E-state index contributed by atoms with van der Waals surface area (Å²) in [4.78, 5) is 20.5. The number of hydrogen-bond acceptors (Lipinski definition) is 4. The fraction of sp³-hybridized carbons (Fsp3) is 0.889. The molecule has 154 valence electrons. The molecule has 0 bridgehead atoms. The number of rotatable bonds is 6. The number of carbonyl (C=O) groups is 1. The Balaban J connectivity index is 0.00000625. The number of aliphatic imine (C=N–C) groups is 1. The van der Waals surface area contributed by atoms with Gasteiger partial charge in [0.05, 0.1) is 0 Å². The van der Waals surface area contributed by atoms with Crippen LogP contribution in [0.15, 0.2) is 4.99 Å². The van der Waals surface area contributed by atoms with Crippen molar-refractivity contribution in [1.29, 1.82) is 0 Å². The van der Waals surface area contributed by atoms with E-state index >= 15 is 0 Å². The van der Waals surface area contributed by atoms with Gasteiger partial charge in [0.25, 0.3) is 0 Å². The molecule has 1 fully saturated rings. The molecule has 0 atom stereocenters. The fourth-order valence-corrected chi connectivity index (χ4v) is 2.51. The molecule has 2 N–H and O–H groups in total. The van der Waals surface area contributed by atoms with Crippen LogP contribution in [0.3, 0.4) is 0 Å². The molecule has 0 aromatic heterocycles. The topological polar surface area (TPSA) is 69.2 Å². The van der Waals surface area contributed by atoms with E-state index < -0.39 is 5.60 Å². The van der Waals surface area contributed by atoms with Gasteiger partial charge in [0, 0.05) is 52.9 Å². The second-order valence-corrected chi connectivity index (χ2v) is 7.92. The van der Waals surface area contributed by atoms with Gasteiger partial charge in [-0.25, -0.2) is 4.79 Å². The molecule has 1 rings (SSSR count). The maximum atomic E-state index is 12.1. The molecular formula is C18H38IN5O2. The Morgan fingerprint density at radius 3 is 2.19 bits per heavy atom. The van der Waals surface area contributed by atoms with Crippen molar-refractivity contribution in [1.82, 2.24) is 20.4 Å². The van der Waals surface area contributed by atoms with Crippen LogP contribution in [-0.4, -0.2) is 80.3 Å². The van der Waals surface area contributed by atoms with E-state index in [1.807, 2.05) is 20.8 Å². The van der Waals surface area contributed by atoms with Gasteiger partial charge in [-0.2, -0.15) is 0 Å². The van der Waals surface area contributed by atoms with Crippen LogP contribution in [0.25, 0.3) is 0 Å². The Labute approximate surface area is 176 Å². The van der Waals surface area contributed by atoms with Crippen molar-refractivity contribution in [3.63, 3.8) is 0 Å². The third-order valence-corrected chi connectivity index (χ3v) is 3.98. The Kier molecular flexibility index (Phi) is 12.2. The number of nitrogens with zero attached hydrogens (tertiary/aromatic N) is 3. The summed E-state index contributed by atoms with van der Waals surface area (Å²) in [5.74, 6) is 1.54. The standard InChI is InChI=1S/C18H37N5O2.HI/c1-15(2)7-8-20-16(19-6)21-9-10-22-11-13-23(14-12-22)17(24)25-18(3,4)5;/h15H,7-14H2,1-6H3,(H2,19,20,21);1H. The van der Waals surface area contributed by atoms with Gasteiger partial charge in [0.15, 0.2) is 5.96 Å². The molecule has 0 radical (unpaired) electrons. The van der Waals surface area contributed by atoms with Crippen molar-refractivity contribution in [3.05, 3.63) is 0 Å². The molecule has 1 aliphatic heterocycles. The molecule has 7 nitrogen and oxygen atoms in total. The van der Waals surface area contributed by atoms with Crippen molar-refractivity contribution in [2.75, 3.05) is 52.9 Å². The Morgan fingerprint density at radius 1 is 1.12 bits per heavy atom. The molecule has 1 amide bonds. The van der Waals surface area contributed by atoms with Crippen LogP contribution in [0.2, 0.25) is 0 Å². The van der Waals surface area contributed by atoms with Gasteiger partial charge in [0.2, 0.25) is 0 Å². The summed E-state index contributed by atoms with van der Waals surface area (Å²) >= 11 is 0. The SMILES string of the molecule is CN=C(NCCC(C)C)NCCN1CCN(C(=O)OC(C)(C)C)CC1.I. The normalized spacial score (nSPS) is 16.3. The van der Waals surface area contributed by atoms with Gasteiger partial charge in [-0.1, -0.05) is 13.8 Å². The van der Waals surface area contributed by atoms with Crippen LogP contribution >= 0.6 is 24.0 Å². The summed E-state index contributed by atoms with van der Waals surface area (Å²) in [5.41, 5.74) is -0.434. The van der Waals surface area contributed by atoms with Gasteiger partial charge >= 0.3 is 6.09 Å². The molecule has 8 heteroatoms. The van der Waals surface area contributed by atoms with Crippen molar-refractivity contribution in [2.24, 2.45) is 10.9 Å². The Morgan fingerprint density at radius 2 is 1.69 bits per heavy atom. The van der Waals surface area contributed by atoms with Crippen LogP contribution in [-0.2, 0) is 4.74 Å². The molecule has 0 saturated carbocycles. The van der Waals surface area contributed by atoms with E-state index in [-0.39, 0.29) is 30.1 Å². The first-order chi connectivity index (χ1) is 11.7. The lowest BCUT2D eigenvalue weighted by molar-refractivity contribution is 0.0147. The maximum Gasteiger partial charge on any atom is 0.410 e. The van der Waals surface area contributed by atoms with Crippen LogP contribution < -0.4 is 10.6 Å². The van der Waals surface area contributed by atoms with Crippen molar-refractivity contribution >= 4 is 36.0 Å². The molecule has 0 unspecified atom stereocenters. The zero-order chi connectivity index (χ0) is 18.9. The highest BCUT2D eigenvalue weighted by atomic mass is 127. The van der Waals surface area contributed by atoms with Gasteiger partial charge in [-0.05, 0) is 33.1 Å². The molecule has 0 aliphatic carbocycles. The third kappa shape index (κ3) is 11.1. The molecular weight excluding hydrogens is 445 g/mol. The Hall–Kier alpha value is -0.770. The minimum Gasteiger partial charge on any atom is -0.444 e. The summed E-state index contributed by atoms with van der Waals surface area (Å²) < 4.78 is 5.43. The van der Waals surface area contributed by atoms with Crippen molar-refractivity contribution in [2.45, 2.75) is 46.6 Å². The lowest BCUT2D eigenvalue weighted by Gasteiger charge is -2.35. The molecule has 1 saturated heterocycles. The monoisotopic (exact) mass is 483 g/mol. The highest BCUT2D eigenvalue weighted by molar-refractivity contribution is 14.0. The quantitative estimate of drug-likeness (QED) is 0.345. The number of hydrogen-bond donors (Lipinski definition) is 2. The number of nitrogens with one attached hydrogen (secondary N) is 2. The molecule has 0 aromatic rings. The first-order valence-corrected chi connectivity index (χ1v) is 9.36. The highest BCUT2D eigenvalue weighted by Gasteiger charge is 2.25. The zero-order valence-corrected chi connectivity index (χ0v) is 19.6. The summed E-state index contributed by atoms with van der Waals surface area (Å²) in [6, 6.07) is 0. The van der Waals surface area contributed by atoms with E-state index in [0.29, 0.717) is 5.92 Å². The largest absolute Gasteiger partial charge is 0.444 e. The van der Waals surface area contributed by atoms with Crippen LogP contribution in [0.4, 0.5) is 4.79 Å². The second-order valence-electron chi connectivity index (χ2n) is 7.92. The minimum atomic E-state index is -0.434. The lowest BCUT2D eigenvalue weighted by Crippen LogP contribution is -2.51. The molecule has 0 aromatic carbocycles. The van der Waals surface area contributed by atoms with Gasteiger partial charge in [-0.3, -0.25) is 9.89 Å². The first-order valence-electron chi connectivity index (χ1n) is 9.36. The number of guanidine groups is 1. The second kappa shape index (κ2) is 12.6. The van der Waals surface area contributed by atoms with Gasteiger partial charge < -0.3 is 20.3 Å². The van der Waals surface area contributed by atoms with Crippen LogP contribution in [0.1, 0.15) is 41.0 Å². The number of halogens is 1. The van der Waals surface area contributed by atoms with Gasteiger partial charge in [-0.15, -0.1) is 24.0 Å². The Bertz CT molecular complexity index is 430. The third-order valence-electron chi connectivity index (χ3n) is 3.98. The highest BCUT2D eigenvalue weighted by Crippen LogP contribution is 2.11. The fourth-order valence-electron chi connectivity index (χ4n) is 2.51. The van der Waals surface area contributed by atoms with E-state index in [9.17, 15) is 4.79 Å². The smallest absolute Gasteiger partial charge is 0.410 e. The molecule has 26 heavy (non-hydrogen) atoms. The number of piperazine rings is 1. The van der Waals surface area contributed by atoms with Crippen LogP contribution in [0.5, 0.6) is 0 Å². The predicted octanol–water partition coefficient (Wildman–Crippen LogP) is 2.37. The predicted molar refractivity (Wildman–Crippen MR) is 118 cm³/mol. The summed E-state index contributed by atoms with van der Waals surface area (Å²) in [6.45, 7) is 16.0. The maximum absolute atomic E-state index is 12.1. The van der Waals surface area contributed by atoms with Crippen molar-refractivity contribution < 1.29 is 9.53 Å². The van der Waals surface area contributed by atoms with E-state index in [0.717, 1.165) is 58.2 Å². The number of carbonyl (C=O) groups excluding carboxylic acids is 1. The van der Waals surface area contributed by atoms with Crippen molar-refractivity contribution in [3.8, 4) is 0 Å². The van der Waals surface area contributed by atoms with Gasteiger partial charge in [0.1, 0.15) is 5.60 Å². The summed E-state index contributed by atoms with van der Waals surface area (Å²) in [7, 11) is 1.80. The van der Waals surface area contributed by atoms with E-state index in [2.05, 4.69) is 34.4 Å². The summed E-state index contributed by atoms with van der Waals surface area (Å²) in [6.07, 6.45) is 0.924. The number of amides is 1. The molecule has 0 spiro atoms. The average molecular weight is 483 g/mol. The summed E-state index contributed by atoms with van der Waals surface area (Å²) in [5, 5.41) is 6.68. The van der Waals surface area contributed by atoms with Crippen LogP contribution in [0, 0.1) is 5.92 Å². The lowest BCUT2D eigenvalue weighted by atomic mass is 10.1. The molecule has 1 aliphatic rings. The first kappa shape index (κ1) is 25.2. The zero-order valence-electron chi connectivity index (χ0n) is 17.3. The molecule has 1 heterocycles.